The Morgan fingerprint density at radius 1 is 0.754 bits per heavy atom. The summed E-state index contributed by atoms with van der Waals surface area (Å²) in [5, 5.41) is 2.22. The number of aryl methyl sites for hydroxylation is 1. The number of allylic oxidation sites excluding steroid dienone is 1. The number of nitrogens with zero attached hydrogens (tertiary/aromatic N) is 2. The molecule has 2 heterocycles. The van der Waals surface area contributed by atoms with Crippen molar-refractivity contribution in [3.8, 4) is 5.75 Å². The largest absolute Gasteiger partial charge is 0.492 e. The lowest BCUT2D eigenvalue weighted by molar-refractivity contribution is -0.136. The third-order valence-electron chi connectivity index (χ3n) is 10.2. The number of ether oxygens (including phenoxy) is 3. The molecule has 1 atom stereocenters. The van der Waals surface area contributed by atoms with Crippen LogP contribution in [0.5, 0.6) is 5.75 Å². The molecule has 296 valence electrons. The average molecular weight is 772 g/mol. The maximum absolute atomic E-state index is 13.3. The third kappa shape index (κ3) is 10.1. The lowest BCUT2D eigenvalue weighted by Gasteiger charge is -2.27. The molecule has 0 bridgehead atoms. The van der Waals surface area contributed by atoms with Gasteiger partial charge in [-0.05, 0) is 77.3 Å². The number of imide groups is 2. The standard InChI is InChI=1S/C46H49N3O8/c1-3-37(32-12-6-4-7-13-32)42(33-14-8-5-9-15-33)35-19-21-36(22-20-35)57-29-26-48(2)41(51)25-28-56-31-30-55-27-11-17-34-16-10-18-38-43(34)46(54)49(45(38)53)39-23-24-40(50)47-44(39)52/h4-10,12-16,18-22,39H,3,11,17,23-31H2,1-2H3,(H,47,50,52)/b42-37-. The third-order valence-corrected chi connectivity index (χ3v) is 10.2. The number of rotatable bonds is 19. The number of hydrogen-bond acceptors (Lipinski definition) is 8. The molecule has 0 spiro atoms. The first-order valence-electron chi connectivity index (χ1n) is 19.6. The van der Waals surface area contributed by atoms with Crippen molar-refractivity contribution < 1.29 is 38.2 Å². The first-order chi connectivity index (χ1) is 27.8. The molecule has 6 rings (SSSR count). The first-order valence-corrected chi connectivity index (χ1v) is 19.6. The quantitative estimate of drug-likeness (QED) is 0.0664. The van der Waals surface area contributed by atoms with Crippen LogP contribution in [0, 0.1) is 0 Å². The Kier molecular flexibility index (Phi) is 14.1. The highest BCUT2D eigenvalue weighted by Gasteiger charge is 2.45. The van der Waals surface area contributed by atoms with Gasteiger partial charge in [0, 0.05) is 20.1 Å². The summed E-state index contributed by atoms with van der Waals surface area (Å²) in [6.45, 7) is 4.33. The van der Waals surface area contributed by atoms with Crippen molar-refractivity contribution in [3.05, 3.63) is 137 Å². The lowest BCUT2D eigenvalue weighted by atomic mass is 9.88. The van der Waals surface area contributed by atoms with Gasteiger partial charge in [-0.1, -0.05) is 91.9 Å². The second-order valence-electron chi connectivity index (χ2n) is 14.0. The Balaban J connectivity index is 0.872. The van der Waals surface area contributed by atoms with E-state index in [1.165, 1.54) is 16.7 Å². The summed E-state index contributed by atoms with van der Waals surface area (Å²) >= 11 is 0. The number of hydrogen-bond donors (Lipinski definition) is 1. The number of amides is 5. The van der Waals surface area contributed by atoms with Gasteiger partial charge in [-0.3, -0.25) is 34.2 Å². The summed E-state index contributed by atoms with van der Waals surface area (Å²) in [6.07, 6.45) is 2.42. The van der Waals surface area contributed by atoms with Gasteiger partial charge in [0.15, 0.2) is 0 Å². The predicted octanol–water partition coefficient (Wildman–Crippen LogP) is 6.35. The Labute approximate surface area is 333 Å². The maximum atomic E-state index is 13.3. The van der Waals surface area contributed by atoms with Crippen molar-refractivity contribution in [1.29, 1.82) is 0 Å². The molecule has 11 nitrogen and oxygen atoms in total. The van der Waals surface area contributed by atoms with Gasteiger partial charge < -0.3 is 19.1 Å². The number of carbonyl (C=O) groups excluding carboxylic acids is 5. The van der Waals surface area contributed by atoms with Crippen molar-refractivity contribution >= 4 is 40.7 Å². The summed E-state index contributed by atoms with van der Waals surface area (Å²) in [5.74, 6) is -1.37. The second-order valence-corrected chi connectivity index (χ2v) is 14.0. The molecule has 2 aliphatic heterocycles. The average Bonchev–Trinajstić information content (AvgIpc) is 3.49. The van der Waals surface area contributed by atoms with E-state index in [9.17, 15) is 24.0 Å². The Bertz CT molecular complexity index is 2080. The molecule has 1 fully saturated rings. The molecule has 1 saturated heterocycles. The Morgan fingerprint density at radius 3 is 2.11 bits per heavy atom. The smallest absolute Gasteiger partial charge is 0.262 e. The van der Waals surface area contributed by atoms with Gasteiger partial charge in [-0.2, -0.15) is 0 Å². The molecule has 1 N–H and O–H groups in total. The van der Waals surface area contributed by atoms with Gasteiger partial charge in [0.05, 0.1) is 43.9 Å². The summed E-state index contributed by atoms with van der Waals surface area (Å²) in [6, 6.07) is 33.2. The number of nitrogens with one attached hydrogen (secondary N) is 1. The molecular formula is C46H49N3O8. The number of likely N-dealkylation sites (N-methyl/N-ethyl adjacent to an activating group) is 1. The molecule has 2 aliphatic rings. The second kappa shape index (κ2) is 19.8. The highest BCUT2D eigenvalue weighted by molar-refractivity contribution is 6.24. The fourth-order valence-corrected chi connectivity index (χ4v) is 7.26. The first kappa shape index (κ1) is 40.7. The zero-order valence-electron chi connectivity index (χ0n) is 32.5. The van der Waals surface area contributed by atoms with Gasteiger partial charge >= 0.3 is 0 Å². The van der Waals surface area contributed by atoms with Gasteiger partial charge in [0.25, 0.3) is 11.8 Å². The van der Waals surface area contributed by atoms with Crippen LogP contribution >= 0.6 is 0 Å². The van der Waals surface area contributed by atoms with Crippen LogP contribution in [-0.4, -0.2) is 92.0 Å². The fourth-order valence-electron chi connectivity index (χ4n) is 7.26. The van der Waals surface area contributed by atoms with Crippen LogP contribution in [0.2, 0.25) is 0 Å². The molecular weight excluding hydrogens is 723 g/mol. The normalized spacial score (nSPS) is 15.6. The van der Waals surface area contributed by atoms with Gasteiger partial charge in [0.2, 0.25) is 17.7 Å². The molecule has 57 heavy (non-hydrogen) atoms. The summed E-state index contributed by atoms with van der Waals surface area (Å²) in [7, 11) is 1.75. The summed E-state index contributed by atoms with van der Waals surface area (Å²) in [5.41, 5.74) is 7.23. The van der Waals surface area contributed by atoms with Crippen LogP contribution in [0.3, 0.4) is 0 Å². The summed E-state index contributed by atoms with van der Waals surface area (Å²) < 4.78 is 17.3. The zero-order chi connectivity index (χ0) is 40.1. The van der Waals surface area contributed by atoms with Gasteiger partial charge in [0.1, 0.15) is 18.4 Å². The molecule has 4 aromatic carbocycles. The van der Waals surface area contributed by atoms with E-state index < -0.39 is 29.7 Å². The molecule has 0 aromatic heterocycles. The van der Waals surface area contributed by atoms with Crippen molar-refractivity contribution in [2.75, 3.05) is 46.6 Å². The SMILES string of the molecule is CC/C(=C(\c1ccccc1)c1ccc(OCCN(C)C(=O)CCOCCOCCCc2cccc3c2C(=O)N(C2CCC(=O)NC2=O)C3=O)cc1)c1ccccc1. The van der Waals surface area contributed by atoms with E-state index >= 15 is 0 Å². The number of carbonyl (C=O) groups is 5. The van der Waals surface area contributed by atoms with Crippen molar-refractivity contribution in [1.82, 2.24) is 15.1 Å². The van der Waals surface area contributed by atoms with Crippen LogP contribution in [-0.2, 0) is 30.3 Å². The van der Waals surface area contributed by atoms with Crippen LogP contribution in [0.4, 0.5) is 0 Å². The molecule has 0 aliphatic carbocycles. The number of fused-ring (bicyclic) bond motifs is 1. The monoisotopic (exact) mass is 771 g/mol. The highest BCUT2D eigenvalue weighted by Crippen LogP contribution is 2.35. The summed E-state index contributed by atoms with van der Waals surface area (Å²) in [4.78, 5) is 65.6. The molecule has 0 radical (unpaired) electrons. The topological polar surface area (TPSA) is 132 Å². The lowest BCUT2D eigenvalue weighted by Crippen LogP contribution is -2.54. The van der Waals surface area contributed by atoms with Crippen LogP contribution in [0.25, 0.3) is 11.1 Å². The fraction of sp³-hybridized carbons (Fsp3) is 0.326. The van der Waals surface area contributed by atoms with Crippen molar-refractivity contribution in [2.45, 2.75) is 51.5 Å². The van der Waals surface area contributed by atoms with Gasteiger partial charge in [-0.15, -0.1) is 0 Å². The van der Waals surface area contributed by atoms with Crippen LogP contribution in [0.1, 0.15) is 82.0 Å². The number of piperidine rings is 1. The Morgan fingerprint density at radius 2 is 1.42 bits per heavy atom. The molecule has 0 saturated carbocycles. The molecule has 4 aromatic rings. The van der Waals surface area contributed by atoms with Crippen LogP contribution < -0.4 is 10.1 Å². The Hall–Kier alpha value is -5.91. The van der Waals surface area contributed by atoms with E-state index in [1.807, 2.05) is 24.3 Å². The molecule has 5 amide bonds. The van der Waals surface area contributed by atoms with Crippen molar-refractivity contribution in [2.24, 2.45) is 0 Å². The highest BCUT2D eigenvalue weighted by atomic mass is 16.5. The minimum Gasteiger partial charge on any atom is -0.492 e. The predicted molar refractivity (Wildman–Crippen MR) is 216 cm³/mol. The maximum Gasteiger partial charge on any atom is 0.262 e. The van der Waals surface area contributed by atoms with E-state index in [0.29, 0.717) is 56.9 Å². The number of benzene rings is 4. The van der Waals surface area contributed by atoms with E-state index in [0.717, 1.165) is 28.2 Å². The van der Waals surface area contributed by atoms with Crippen molar-refractivity contribution in [3.63, 3.8) is 0 Å². The van der Waals surface area contributed by atoms with E-state index in [1.54, 1.807) is 30.1 Å². The minimum absolute atomic E-state index is 0.0416. The molecule has 11 heteroatoms. The van der Waals surface area contributed by atoms with E-state index in [-0.39, 0.29) is 37.3 Å². The van der Waals surface area contributed by atoms with E-state index in [2.05, 4.69) is 72.9 Å². The van der Waals surface area contributed by atoms with Crippen LogP contribution in [0.15, 0.2) is 103 Å². The molecule has 1 unspecified atom stereocenters. The van der Waals surface area contributed by atoms with E-state index in [4.69, 9.17) is 14.2 Å². The zero-order valence-corrected chi connectivity index (χ0v) is 32.5. The van der Waals surface area contributed by atoms with Gasteiger partial charge in [-0.25, -0.2) is 0 Å². The minimum atomic E-state index is -0.997.